The van der Waals surface area contributed by atoms with Crippen LogP contribution < -0.4 is 10.1 Å². The summed E-state index contributed by atoms with van der Waals surface area (Å²) in [5.74, 6) is 0.995. The molecule has 1 aromatic rings. The van der Waals surface area contributed by atoms with Gasteiger partial charge in [0.25, 0.3) is 0 Å². The maximum absolute atomic E-state index is 14.1. The molecule has 0 aliphatic carbocycles. The van der Waals surface area contributed by atoms with Gasteiger partial charge in [0.1, 0.15) is 11.9 Å². The quantitative estimate of drug-likeness (QED) is 0.869. The first kappa shape index (κ1) is 12.4. The average molecular weight is 237 g/mol. The Bertz CT molecular complexity index is 333. The standard InChI is InChI=1S/C14H20FNO/c1-17-13-6-4-11(5-7-13)9-14(15)12-3-2-8-16-10-12/h4-7,12,14,16H,2-3,8-10H2,1H3. The minimum atomic E-state index is -0.740. The molecule has 1 aliphatic rings. The summed E-state index contributed by atoms with van der Waals surface area (Å²) in [7, 11) is 1.64. The number of hydrogen-bond donors (Lipinski definition) is 1. The van der Waals surface area contributed by atoms with Crippen LogP contribution in [0.4, 0.5) is 4.39 Å². The van der Waals surface area contributed by atoms with Crippen molar-refractivity contribution in [1.29, 1.82) is 0 Å². The summed E-state index contributed by atoms with van der Waals surface area (Å²) in [5, 5.41) is 3.26. The molecule has 2 rings (SSSR count). The Morgan fingerprint density at radius 3 is 2.76 bits per heavy atom. The highest BCUT2D eigenvalue weighted by Gasteiger charge is 2.23. The number of halogens is 1. The van der Waals surface area contributed by atoms with Crippen molar-refractivity contribution in [2.24, 2.45) is 5.92 Å². The minimum Gasteiger partial charge on any atom is -0.497 e. The first-order valence-corrected chi connectivity index (χ1v) is 6.27. The van der Waals surface area contributed by atoms with Crippen LogP contribution in [0.2, 0.25) is 0 Å². The molecular weight excluding hydrogens is 217 g/mol. The lowest BCUT2D eigenvalue weighted by Gasteiger charge is -2.25. The monoisotopic (exact) mass is 237 g/mol. The molecule has 1 fully saturated rings. The zero-order chi connectivity index (χ0) is 12.1. The Kier molecular flexibility index (Phi) is 4.37. The summed E-state index contributed by atoms with van der Waals surface area (Å²) >= 11 is 0. The number of ether oxygens (including phenoxy) is 1. The molecule has 94 valence electrons. The summed E-state index contributed by atoms with van der Waals surface area (Å²) in [6.07, 6.45) is 1.87. The van der Waals surface area contributed by atoms with Crippen molar-refractivity contribution in [2.75, 3.05) is 20.2 Å². The highest BCUT2D eigenvalue weighted by atomic mass is 19.1. The number of hydrogen-bond acceptors (Lipinski definition) is 2. The van der Waals surface area contributed by atoms with E-state index in [4.69, 9.17) is 4.74 Å². The van der Waals surface area contributed by atoms with Gasteiger partial charge in [0.2, 0.25) is 0 Å². The second-order valence-corrected chi connectivity index (χ2v) is 4.67. The molecule has 0 amide bonds. The largest absolute Gasteiger partial charge is 0.497 e. The Morgan fingerprint density at radius 2 is 2.18 bits per heavy atom. The summed E-state index contributed by atoms with van der Waals surface area (Å²) in [6.45, 7) is 1.85. The number of nitrogens with one attached hydrogen (secondary N) is 1. The smallest absolute Gasteiger partial charge is 0.118 e. The summed E-state index contributed by atoms with van der Waals surface area (Å²) in [5.41, 5.74) is 1.05. The first-order chi connectivity index (χ1) is 8.29. The van der Waals surface area contributed by atoms with E-state index in [-0.39, 0.29) is 5.92 Å². The van der Waals surface area contributed by atoms with Crippen LogP contribution in [0.3, 0.4) is 0 Å². The average Bonchev–Trinajstić information content (AvgIpc) is 2.40. The van der Waals surface area contributed by atoms with E-state index in [1.54, 1.807) is 7.11 Å². The van der Waals surface area contributed by atoms with E-state index < -0.39 is 6.17 Å². The normalized spacial score (nSPS) is 22.1. The van der Waals surface area contributed by atoms with Crippen LogP contribution in [-0.4, -0.2) is 26.4 Å². The third-order valence-electron chi connectivity index (χ3n) is 3.44. The van der Waals surface area contributed by atoms with Crippen LogP contribution >= 0.6 is 0 Å². The predicted octanol–water partition coefficient (Wildman–Crippen LogP) is 2.58. The van der Waals surface area contributed by atoms with Crippen LogP contribution in [0.5, 0.6) is 5.75 Å². The molecular formula is C14H20FNO. The van der Waals surface area contributed by atoms with Crippen LogP contribution in [0, 0.1) is 5.92 Å². The van der Waals surface area contributed by atoms with Crippen molar-refractivity contribution in [3.63, 3.8) is 0 Å². The number of piperidine rings is 1. The molecule has 0 saturated carbocycles. The van der Waals surface area contributed by atoms with Gasteiger partial charge in [-0.1, -0.05) is 12.1 Å². The number of alkyl halides is 1. The first-order valence-electron chi connectivity index (χ1n) is 6.27. The van der Waals surface area contributed by atoms with Crippen LogP contribution in [0.1, 0.15) is 18.4 Å². The molecule has 0 radical (unpaired) electrons. The summed E-state index contributed by atoms with van der Waals surface area (Å²) in [6, 6.07) is 7.67. The lowest BCUT2D eigenvalue weighted by molar-refractivity contribution is 0.191. The number of rotatable bonds is 4. The molecule has 0 bridgehead atoms. The zero-order valence-corrected chi connectivity index (χ0v) is 10.3. The van der Waals surface area contributed by atoms with Gasteiger partial charge in [-0.15, -0.1) is 0 Å². The van der Waals surface area contributed by atoms with Gasteiger partial charge in [-0.05, 0) is 37.1 Å². The molecule has 1 N–H and O–H groups in total. The van der Waals surface area contributed by atoms with Crippen molar-refractivity contribution in [2.45, 2.75) is 25.4 Å². The fraction of sp³-hybridized carbons (Fsp3) is 0.571. The van der Waals surface area contributed by atoms with Gasteiger partial charge in [-0.25, -0.2) is 4.39 Å². The van der Waals surface area contributed by atoms with E-state index in [1.165, 1.54) is 0 Å². The number of methoxy groups -OCH3 is 1. The van der Waals surface area contributed by atoms with Crippen molar-refractivity contribution >= 4 is 0 Å². The molecule has 1 aromatic carbocycles. The molecule has 2 nitrogen and oxygen atoms in total. The molecule has 2 unspecified atom stereocenters. The van der Waals surface area contributed by atoms with E-state index in [0.717, 1.165) is 37.2 Å². The van der Waals surface area contributed by atoms with E-state index in [0.29, 0.717) is 6.42 Å². The molecule has 0 spiro atoms. The molecule has 3 heteroatoms. The SMILES string of the molecule is COc1ccc(CC(F)C2CCCNC2)cc1. The van der Waals surface area contributed by atoms with E-state index >= 15 is 0 Å². The molecule has 17 heavy (non-hydrogen) atoms. The Hall–Kier alpha value is -1.09. The van der Waals surface area contributed by atoms with Gasteiger partial charge in [-0.3, -0.25) is 0 Å². The molecule has 1 aliphatic heterocycles. The summed E-state index contributed by atoms with van der Waals surface area (Å²) in [4.78, 5) is 0. The second kappa shape index (κ2) is 6.01. The van der Waals surface area contributed by atoms with Gasteiger partial charge >= 0.3 is 0 Å². The lowest BCUT2D eigenvalue weighted by atomic mass is 9.91. The highest BCUT2D eigenvalue weighted by Crippen LogP contribution is 2.21. The maximum Gasteiger partial charge on any atom is 0.118 e. The van der Waals surface area contributed by atoms with E-state index in [1.807, 2.05) is 24.3 Å². The van der Waals surface area contributed by atoms with Gasteiger partial charge in [0, 0.05) is 18.9 Å². The predicted molar refractivity (Wildman–Crippen MR) is 67.2 cm³/mol. The molecule has 1 heterocycles. The molecule has 1 saturated heterocycles. The third kappa shape index (κ3) is 3.43. The van der Waals surface area contributed by atoms with Gasteiger partial charge in [-0.2, -0.15) is 0 Å². The van der Waals surface area contributed by atoms with Crippen molar-refractivity contribution in [3.8, 4) is 5.75 Å². The maximum atomic E-state index is 14.1. The summed E-state index contributed by atoms with van der Waals surface area (Å²) < 4.78 is 19.2. The van der Waals surface area contributed by atoms with Crippen LogP contribution in [0.25, 0.3) is 0 Å². The topological polar surface area (TPSA) is 21.3 Å². The second-order valence-electron chi connectivity index (χ2n) is 4.67. The molecule has 0 aromatic heterocycles. The number of benzene rings is 1. The van der Waals surface area contributed by atoms with Gasteiger partial charge < -0.3 is 10.1 Å². The van der Waals surface area contributed by atoms with Gasteiger partial charge in [0.15, 0.2) is 0 Å². The Labute approximate surface area is 102 Å². The van der Waals surface area contributed by atoms with Gasteiger partial charge in [0.05, 0.1) is 7.11 Å². The van der Waals surface area contributed by atoms with Crippen LogP contribution in [0.15, 0.2) is 24.3 Å². The van der Waals surface area contributed by atoms with E-state index in [9.17, 15) is 4.39 Å². The molecule has 2 atom stereocenters. The fourth-order valence-corrected chi connectivity index (χ4v) is 2.34. The minimum absolute atomic E-state index is 0.172. The highest BCUT2D eigenvalue weighted by molar-refractivity contribution is 5.27. The van der Waals surface area contributed by atoms with Crippen LogP contribution in [-0.2, 0) is 6.42 Å². The fourth-order valence-electron chi connectivity index (χ4n) is 2.34. The van der Waals surface area contributed by atoms with Crippen molar-refractivity contribution in [3.05, 3.63) is 29.8 Å². The third-order valence-corrected chi connectivity index (χ3v) is 3.44. The Balaban J connectivity index is 1.89. The van der Waals surface area contributed by atoms with Crippen molar-refractivity contribution in [1.82, 2.24) is 5.32 Å². The zero-order valence-electron chi connectivity index (χ0n) is 10.3. The van der Waals surface area contributed by atoms with Crippen molar-refractivity contribution < 1.29 is 9.13 Å². The lowest BCUT2D eigenvalue weighted by Crippen LogP contribution is -2.35. The Morgan fingerprint density at radius 1 is 1.41 bits per heavy atom. The van der Waals surface area contributed by atoms with E-state index in [2.05, 4.69) is 5.32 Å².